The Morgan fingerprint density at radius 1 is 1.22 bits per heavy atom. The Morgan fingerprint density at radius 2 is 1.93 bits per heavy atom. The molecule has 2 rings (SSSR count). The van der Waals surface area contributed by atoms with Crippen molar-refractivity contribution in [1.82, 2.24) is 20.1 Å². The molecular formula is C20H32IN5S. The molecule has 1 atom stereocenters. The average molecular weight is 501 g/mol. The van der Waals surface area contributed by atoms with Gasteiger partial charge in [-0.15, -0.1) is 35.3 Å². The van der Waals surface area contributed by atoms with Crippen LogP contribution in [0.15, 0.2) is 40.7 Å². The van der Waals surface area contributed by atoms with Gasteiger partial charge in [0.2, 0.25) is 0 Å². The Labute approximate surface area is 184 Å². The van der Waals surface area contributed by atoms with E-state index in [0.717, 1.165) is 42.8 Å². The molecule has 1 aromatic carbocycles. The summed E-state index contributed by atoms with van der Waals surface area (Å²) in [6.07, 6.45) is 0. The van der Waals surface area contributed by atoms with Crippen molar-refractivity contribution < 1.29 is 0 Å². The van der Waals surface area contributed by atoms with Crippen molar-refractivity contribution in [2.75, 3.05) is 27.2 Å². The van der Waals surface area contributed by atoms with Crippen LogP contribution in [-0.2, 0) is 13.1 Å². The van der Waals surface area contributed by atoms with Gasteiger partial charge in [-0.2, -0.15) is 0 Å². The topological polar surface area (TPSA) is 43.8 Å². The van der Waals surface area contributed by atoms with E-state index >= 15 is 0 Å². The zero-order chi connectivity index (χ0) is 18.9. The van der Waals surface area contributed by atoms with Gasteiger partial charge in [-0.05, 0) is 33.4 Å². The molecule has 1 heterocycles. The van der Waals surface area contributed by atoms with Crippen LogP contribution in [0.5, 0.6) is 0 Å². The van der Waals surface area contributed by atoms with E-state index in [1.807, 2.05) is 6.92 Å². The minimum Gasteiger partial charge on any atom is -0.357 e. The predicted octanol–water partition coefficient (Wildman–Crippen LogP) is 3.99. The van der Waals surface area contributed by atoms with E-state index < -0.39 is 0 Å². The van der Waals surface area contributed by atoms with Crippen molar-refractivity contribution in [2.45, 2.75) is 39.9 Å². The number of likely N-dealkylation sites (N-methyl/N-ethyl adjacent to an activating group) is 1. The van der Waals surface area contributed by atoms with Gasteiger partial charge >= 0.3 is 0 Å². The molecule has 0 aliphatic carbocycles. The van der Waals surface area contributed by atoms with Gasteiger partial charge in [0.05, 0.1) is 23.8 Å². The first-order chi connectivity index (χ1) is 12.5. The highest BCUT2D eigenvalue weighted by Crippen LogP contribution is 2.10. The van der Waals surface area contributed by atoms with Crippen LogP contribution in [-0.4, -0.2) is 54.0 Å². The van der Waals surface area contributed by atoms with E-state index in [4.69, 9.17) is 4.99 Å². The van der Waals surface area contributed by atoms with Crippen molar-refractivity contribution in [3.63, 3.8) is 0 Å². The molecule has 1 N–H and O–H groups in total. The van der Waals surface area contributed by atoms with Crippen molar-refractivity contribution in [3.05, 3.63) is 52.0 Å². The van der Waals surface area contributed by atoms with Gasteiger partial charge in [-0.3, -0.25) is 9.89 Å². The molecule has 150 valence electrons. The van der Waals surface area contributed by atoms with Crippen molar-refractivity contribution >= 4 is 41.3 Å². The SMILES string of the molecule is CCNC(=NCC(C)N(C)Cc1ccccc1)N(C)Cc1csc(C)n1.I. The number of halogens is 1. The number of hydrogen-bond donors (Lipinski definition) is 1. The molecule has 1 unspecified atom stereocenters. The third kappa shape index (κ3) is 8.15. The number of guanidine groups is 1. The minimum absolute atomic E-state index is 0. The summed E-state index contributed by atoms with van der Waals surface area (Å²) in [6, 6.07) is 10.9. The highest BCUT2D eigenvalue weighted by molar-refractivity contribution is 14.0. The van der Waals surface area contributed by atoms with Crippen LogP contribution >= 0.6 is 35.3 Å². The van der Waals surface area contributed by atoms with E-state index in [9.17, 15) is 0 Å². The Bertz CT molecular complexity index is 689. The molecule has 5 nitrogen and oxygen atoms in total. The lowest BCUT2D eigenvalue weighted by Gasteiger charge is -2.25. The lowest BCUT2D eigenvalue weighted by atomic mass is 10.2. The zero-order valence-electron chi connectivity index (χ0n) is 17.0. The number of nitrogens with one attached hydrogen (secondary N) is 1. The van der Waals surface area contributed by atoms with Crippen LogP contribution in [0.25, 0.3) is 0 Å². The standard InChI is InChI=1S/C20H31N5S.HI/c1-6-21-20(25(5)14-19-15-26-17(3)23-19)22-12-16(2)24(4)13-18-10-8-7-9-11-18;/h7-11,15-16H,6,12-14H2,1-5H3,(H,21,22);1H. The Morgan fingerprint density at radius 3 is 2.52 bits per heavy atom. The maximum absolute atomic E-state index is 4.84. The van der Waals surface area contributed by atoms with Gasteiger partial charge in [-0.25, -0.2) is 4.98 Å². The van der Waals surface area contributed by atoms with Crippen LogP contribution in [0.2, 0.25) is 0 Å². The zero-order valence-corrected chi connectivity index (χ0v) is 20.1. The molecule has 0 spiro atoms. The monoisotopic (exact) mass is 501 g/mol. The fraction of sp³-hybridized carbons (Fsp3) is 0.500. The molecular weight excluding hydrogens is 469 g/mol. The second kappa shape index (κ2) is 12.3. The van der Waals surface area contributed by atoms with E-state index in [1.54, 1.807) is 11.3 Å². The number of aryl methyl sites for hydroxylation is 1. The summed E-state index contributed by atoms with van der Waals surface area (Å²) in [4.78, 5) is 13.9. The fourth-order valence-electron chi connectivity index (χ4n) is 2.65. The molecule has 0 aliphatic heterocycles. The lowest BCUT2D eigenvalue weighted by molar-refractivity contribution is 0.254. The predicted molar refractivity (Wildman–Crippen MR) is 127 cm³/mol. The smallest absolute Gasteiger partial charge is 0.194 e. The minimum atomic E-state index is 0. The number of hydrogen-bond acceptors (Lipinski definition) is 4. The number of nitrogens with zero attached hydrogens (tertiary/aromatic N) is 4. The summed E-state index contributed by atoms with van der Waals surface area (Å²) in [7, 11) is 4.22. The normalized spacial score (nSPS) is 12.6. The molecule has 0 amide bonds. The molecule has 2 aromatic rings. The third-order valence-corrected chi connectivity index (χ3v) is 5.12. The van der Waals surface area contributed by atoms with Crippen LogP contribution in [0.1, 0.15) is 30.1 Å². The highest BCUT2D eigenvalue weighted by Gasteiger charge is 2.12. The van der Waals surface area contributed by atoms with E-state index in [0.29, 0.717) is 6.04 Å². The van der Waals surface area contributed by atoms with Crippen LogP contribution in [0.4, 0.5) is 0 Å². The maximum atomic E-state index is 4.84. The van der Waals surface area contributed by atoms with E-state index in [2.05, 4.69) is 83.8 Å². The van der Waals surface area contributed by atoms with E-state index in [1.165, 1.54) is 5.56 Å². The Hall–Kier alpha value is -1.19. The van der Waals surface area contributed by atoms with Gasteiger partial charge in [0.15, 0.2) is 5.96 Å². The number of thiazole rings is 1. The van der Waals surface area contributed by atoms with Gasteiger partial charge in [-0.1, -0.05) is 30.3 Å². The Balaban J connectivity index is 0.00000364. The first-order valence-electron chi connectivity index (χ1n) is 9.14. The summed E-state index contributed by atoms with van der Waals surface area (Å²) in [5.74, 6) is 0.929. The van der Waals surface area contributed by atoms with Gasteiger partial charge in [0.25, 0.3) is 0 Å². The molecule has 0 fully saturated rings. The first-order valence-corrected chi connectivity index (χ1v) is 10.0. The number of benzene rings is 1. The van der Waals surface area contributed by atoms with Crippen molar-refractivity contribution in [3.8, 4) is 0 Å². The quantitative estimate of drug-likeness (QED) is 0.338. The molecule has 1 aromatic heterocycles. The second-order valence-electron chi connectivity index (χ2n) is 6.66. The summed E-state index contributed by atoms with van der Waals surface area (Å²) < 4.78 is 0. The average Bonchev–Trinajstić information content (AvgIpc) is 3.03. The van der Waals surface area contributed by atoms with Crippen LogP contribution in [0, 0.1) is 6.92 Å². The van der Waals surface area contributed by atoms with Crippen molar-refractivity contribution in [1.29, 1.82) is 0 Å². The van der Waals surface area contributed by atoms with Gasteiger partial charge in [0, 0.05) is 31.6 Å². The fourth-order valence-corrected chi connectivity index (χ4v) is 3.26. The van der Waals surface area contributed by atoms with Crippen LogP contribution < -0.4 is 5.32 Å². The second-order valence-corrected chi connectivity index (χ2v) is 7.72. The van der Waals surface area contributed by atoms with Crippen LogP contribution in [0.3, 0.4) is 0 Å². The highest BCUT2D eigenvalue weighted by atomic mass is 127. The number of rotatable bonds is 8. The third-order valence-electron chi connectivity index (χ3n) is 4.29. The Kier molecular flexibility index (Phi) is 10.9. The summed E-state index contributed by atoms with van der Waals surface area (Å²) >= 11 is 1.69. The molecule has 0 bridgehead atoms. The summed E-state index contributed by atoms with van der Waals surface area (Å²) in [5.41, 5.74) is 2.42. The number of aromatic nitrogens is 1. The molecule has 27 heavy (non-hydrogen) atoms. The summed E-state index contributed by atoms with van der Waals surface area (Å²) in [5, 5.41) is 6.61. The van der Waals surface area contributed by atoms with E-state index in [-0.39, 0.29) is 24.0 Å². The maximum Gasteiger partial charge on any atom is 0.194 e. The molecule has 0 aliphatic rings. The lowest BCUT2D eigenvalue weighted by Crippen LogP contribution is -2.40. The molecule has 7 heteroatoms. The largest absolute Gasteiger partial charge is 0.357 e. The van der Waals surface area contributed by atoms with Gasteiger partial charge < -0.3 is 10.2 Å². The number of aliphatic imine (C=N–C) groups is 1. The molecule has 0 saturated carbocycles. The van der Waals surface area contributed by atoms with Gasteiger partial charge in [0.1, 0.15) is 0 Å². The molecule has 0 radical (unpaired) electrons. The summed E-state index contributed by atoms with van der Waals surface area (Å²) in [6.45, 7) is 9.67. The first kappa shape index (κ1) is 23.8. The van der Waals surface area contributed by atoms with Crippen molar-refractivity contribution in [2.24, 2.45) is 4.99 Å². The molecule has 0 saturated heterocycles.